The van der Waals surface area contributed by atoms with Crippen LogP contribution in [0.15, 0.2) is 12.1 Å². The summed E-state index contributed by atoms with van der Waals surface area (Å²) in [5.41, 5.74) is 0.643. The number of aryl methyl sites for hydroxylation is 1. The van der Waals surface area contributed by atoms with Gasteiger partial charge in [0.05, 0.1) is 17.7 Å². The zero-order valence-electron chi connectivity index (χ0n) is 15.1. The monoisotopic (exact) mass is 358 g/mol. The number of aliphatic hydroxyl groups is 1. The highest BCUT2D eigenvalue weighted by Crippen LogP contribution is 2.46. The van der Waals surface area contributed by atoms with Gasteiger partial charge >= 0.3 is 0 Å². The zero-order chi connectivity index (χ0) is 18.3. The minimum atomic E-state index is -0.541. The summed E-state index contributed by atoms with van der Waals surface area (Å²) < 4.78 is 0. The number of aromatic nitrogens is 2. The molecule has 2 bridgehead atoms. The van der Waals surface area contributed by atoms with Gasteiger partial charge in [-0.05, 0) is 50.7 Å². The van der Waals surface area contributed by atoms with Crippen LogP contribution in [0.1, 0.15) is 48.3 Å². The number of likely N-dealkylation sites (tertiary alicyclic amines) is 1. The normalized spacial score (nSPS) is 28.7. The predicted octanol–water partition coefficient (Wildman–Crippen LogP) is 0.914. The fourth-order valence-electron chi connectivity index (χ4n) is 4.54. The number of nitrogens with one attached hydrogen (secondary N) is 1. The number of amides is 2. The molecule has 3 unspecified atom stereocenters. The molecule has 1 aromatic rings. The molecule has 1 aliphatic heterocycles. The first-order valence-corrected chi connectivity index (χ1v) is 9.54. The van der Waals surface area contributed by atoms with Crippen molar-refractivity contribution in [2.24, 2.45) is 17.3 Å². The number of carbonyl (C=O) groups is 2. The lowest BCUT2D eigenvalue weighted by Crippen LogP contribution is -2.44. The third-order valence-corrected chi connectivity index (χ3v) is 6.42. The summed E-state index contributed by atoms with van der Waals surface area (Å²) in [5, 5.41) is 20.5. The first-order chi connectivity index (χ1) is 12.5. The topological polar surface area (TPSA) is 95.4 Å². The van der Waals surface area contributed by atoms with Crippen LogP contribution in [-0.2, 0) is 4.79 Å². The van der Waals surface area contributed by atoms with E-state index in [9.17, 15) is 14.7 Å². The van der Waals surface area contributed by atoms with Crippen LogP contribution in [0, 0.1) is 24.2 Å². The molecule has 7 nitrogen and oxygen atoms in total. The van der Waals surface area contributed by atoms with E-state index in [1.54, 1.807) is 6.07 Å². The lowest BCUT2D eigenvalue weighted by molar-refractivity contribution is -0.128. The Labute approximate surface area is 153 Å². The van der Waals surface area contributed by atoms with Crippen molar-refractivity contribution in [2.45, 2.75) is 45.1 Å². The van der Waals surface area contributed by atoms with E-state index in [4.69, 9.17) is 0 Å². The van der Waals surface area contributed by atoms with E-state index < -0.39 is 5.41 Å². The first-order valence-electron chi connectivity index (χ1n) is 9.54. The van der Waals surface area contributed by atoms with Gasteiger partial charge in [-0.2, -0.15) is 5.10 Å². The number of fused-ring (bicyclic) bond motifs is 2. The molecule has 3 atom stereocenters. The van der Waals surface area contributed by atoms with E-state index in [1.807, 2.05) is 17.9 Å². The van der Waals surface area contributed by atoms with Crippen molar-refractivity contribution >= 4 is 11.8 Å². The van der Waals surface area contributed by atoms with Crippen molar-refractivity contribution in [2.75, 3.05) is 19.7 Å². The summed E-state index contributed by atoms with van der Waals surface area (Å²) in [7, 11) is 0. The summed E-state index contributed by atoms with van der Waals surface area (Å²) in [6.07, 6.45) is 4.70. The van der Waals surface area contributed by atoms with E-state index in [0.717, 1.165) is 44.3 Å². The first kappa shape index (κ1) is 17.4. The number of nitrogens with zero attached hydrogens (tertiary/aromatic N) is 3. The van der Waals surface area contributed by atoms with Crippen LogP contribution in [-0.4, -0.2) is 57.8 Å². The number of rotatable bonds is 5. The highest BCUT2D eigenvalue weighted by atomic mass is 16.3. The Morgan fingerprint density at radius 1 is 1.31 bits per heavy atom. The number of aliphatic hydroxyl groups excluding tert-OH is 1. The van der Waals surface area contributed by atoms with Crippen LogP contribution in [0.3, 0.4) is 0 Å². The Hall–Kier alpha value is -2.02. The predicted molar refractivity (Wildman–Crippen MR) is 94.2 cm³/mol. The van der Waals surface area contributed by atoms with Gasteiger partial charge in [-0.3, -0.25) is 9.59 Å². The van der Waals surface area contributed by atoms with E-state index in [0.29, 0.717) is 18.2 Å². The Bertz CT molecular complexity index is 701. The van der Waals surface area contributed by atoms with E-state index in [-0.39, 0.29) is 30.4 Å². The SMILES string of the molecule is Cc1ccc(C(=O)N2CC3CCCC2C3CNC(=O)C2(CO)CC2)nn1. The summed E-state index contributed by atoms with van der Waals surface area (Å²) in [6, 6.07) is 3.69. The molecule has 3 fully saturated rings. The van der Waals surface area contributed by atoms with Gasteiger partial charge in [-0.1, -0.05) is 6.42 Å². The van der Waals surface area contributed by atoms with Crippen LogP contribution in [0.2, 0.25) is 0 Å². The van der Waals surface area contributed by atoms with Crippen molar-refractivity contribution in [3.05, 3.63) is 23.5 Å². The minimum Gasteiger partial charge on any atom is -0.395 e. The van der Waals surface area contributed by atoms with Crippen molar-refractivity contribution < 1.29 is 14.7 Å². The minimum absolute atomic E-state index is 0.0350. The van der Waals surface area contributed by atoms with Crippen LogP contribution in [0.5, 0.6) is 0 Å². The van der Waals surface area contributed by atoms with E-state index in [2.05, 4.69) is 15.5 Å². The van der Waals surface area contributed by atoms with Gasteiger partial charge in [0, 0.05) is 25.0 Å². The molecule has 2 saturated carbocycles. The van der Waals surface area contributed by atoms with Crippen LogP contribution in [0.25, 0.3) is 0 Å². The molecule has 0 aromatic carbocycles. The Kier molecular flexibility index (Phi) is 4.42. The third kappa shape index (κ3) is 2.98. The van der Waals surface area contributed by atoms with Crippen molar-refractivity contribution in [3.63, 3.8) is 0 Å². The Morgan fingerprint density at radius 2 is 2.12 bits per heavy atom. The molecular weight excluding hydrogens is 332 g/mol. The molecule has 3 aliphatic rings. The molecule has 0 spiro atoms. The van der Waals surface area contributed by atoms with Gasteiger partial charge in [-0.25, -0.2) is 0 Å². The maximum atomic E-state index is 12.9. The van der Waals surface area contributed by atoms with Crippen LogP contribution >= 0.6 is 0 Å². The molecule has 1 aromatic heterocycles. The highest BCUT2D eigenvalue weighted by molar-refractivity contribution is 5.92. The average Bonchev–Trinajstić information content (AvgIpc) is 3.42. The fraction of sp³-hybridized carbons (Fsp3) is 0.684. The number of hydrogen-bond acceptors (Lipinski definition) is 5. The maximum Gasteiger partial charge on any atom is 0.274 e. The lowest BCUT2D eigenvalue weighted by atomic mass is 9.79. The summed E-state index contributed by atoms with van der Waals surface area (Å²) in [4.78, 5) is 27.2. The van der Waals surface area contributed by atoms with Gasteiger partial charge in [0.15, 0.2) is 5.69 Å². The molecule has 2 aliphatic carbocycles. The van der Waals surface area contributed by atoms with Gasteiger partial charge in [-0.15, -0.1) is 5.10 Å². The number of hydrogen-bond donors (Lipinski definition) is 2. The van der Waals surface area contributed by atoms with Gasteiger partial charge in [0.2, 0.25) is 5.91 Å². The number of carbonyl (C=O) groups excluding carboxylic acids is 2. The molecular formula is C19H26N4O3. The maximum absolute atomic E-state index is 12.9. The zero-order valence-corrected chi connectivity index (χ0v) is 15.1. The standard InChI is InChI=1S/C19H26N4O3/c1-12-5-6-15(22-21-12)17(25)23-10-13-3-2-4-16(23)14(13)9-20-18(26)19(11-24)7-8-19/h5-6,13-14,16,24H,2-4,7-11H2,1H3,(H,20,26). The lowest BCUT2D eigenvalue weighted by Gasteiger charge is -2.32. The van der Waals surface area contributed by atoms with E-state index >= 15 is 0 Å². The Morgan fingerprint density at radius 3 is 2.77 bits per heavy atom. The summed E-state index contributed by atoms with van der Waals surface area (Å²) >= 11 is 0. The average molecular weight is 358 g/mol. The van der Waals surface area contributed by atoms with Crippen LogP contribution < -0.4 is 5.32 Å². The molecule has 140 valence electrons. The van der Waals surface area contributed by atoms with Crippen LogP contribution in [0.4, 0.5) is 0 Å². The van der Waals surface area contributed by atoms with Crippen molar-refractivity contribution in [1.29, 1.82) is 0 Å². The highest BCUT2D eigenvalue weighted by Gasteiger charge is 2.51. The van der Waals surface area contributed by atoms with Gasteiger partial charge < -0.3 is 15.3 Å². The van der Waals surface area contributed by atoms with Gasteiger partial charge in [0.1, 0.15) is 0 Å². The molecule has 7 heteroatoms. The molecule has 4 rings (SSSR count). The summed E-state index contributed by atoms with van der Waals surface area (Å²) in [5.74, 6) is 0.606. The molecule has 2 amide bonds. The molecule has 2 N–H and O–H groups in total. The molecule has 2 heterocycles. The van der Waals surface area contributed by atoms with Crippen molar-refractivity contribution in [3.8, 4) is 0 Å². The molecule has 26 heavy (non-hydrogen) atoms. The quantitative estimate of drug-likeness (QED) is 0.816. The van der Waals surface area contributed by atoms with Crippen molar-refractivity contribution in [1.82, 2.24) is 20.4 Å². The second-order valence-electron chi connectivity index (χ2n) is 8.09. The second-order valence-corrected chi connectivity index (χ2v) is 8.09. The fourth-order valence-corrected chi connectivity index (χ4v) is 4.54. The molecule has 1 saturated heterocycles. The molecule has 0 radical (unpaired) electrons. The largest absolute Gasteiger partial charge is 0.395 e. The van der Waals surface area contributed by atoms with E-state index in [1.165, 1.54) is 0 Å². The summed E-state index contributed by atoms with van der Waals surface area (Å²) in [6.45, 7) is 3.08. The smallest absolute Gasteiger partial charge is 0.274 e. The van der Waals surface area contributed by atoms with Gasteiger partial charge in [0.25, 0.3) is 5.91 Å². The second kappa shape index (κ2) is 6.61. The third-order valence-electron chi connectivity index (χ3n) is 6.42. The Balaban J connectivity index is 1.44.